The summed E-state index contributed by atoms with van der Waals surface area (Å²) < 4.78 is 23.5. The number of rotatable bonds is 5. The number of carbonyl (C=O) groups is 1. The average Bonchev–Trinajstić information content (AvgIpc) is 2.95. The summed E-state index contributed by atoms with van der Waals surface area (Å²) in [5.41, 5.74) is 6.43. The predicted molar refractivity (Wildman–Crippen MR) is 76.2 cm³/mol. The van der Waals surface area contributed by atoms with Crippen molar-refractivity contribution in [2.45, 2.75) is 31.6 Å². The number of hydrogen-bond donors (Lipinski definition) is 1. The van der Waals surface area contributed by atoms with Crippen LogP contribution in [0.15, 0.2) is 24.3 Å². The lowest BCUT2D eigenvalue weighted by molar-refractivity contribution is 0.0241. The van der Waals surface area contributed by atoms with Crippen LogP contribution in [0.1, 0.15) is 18.4 Å². The van der Waals surface area contributed by atoms with Gasteiger partial charge in [-0.1, -0.05) is 12.1 Å². The van der Waals surface area contributed by atoms with Crippen molar-refractivity contribution in [1.82, 2.24) is 4.90 Å². The van der Waals surface area contributed by atoms with Crippen LogP contribution in [0.5, 0.6) is 0 Å². The first-order chi connectivity index (χ1) is 10.1. The van der Waals surface area contributed by atoms with Crippen LogP contribution in [-0.4, -0.2) is 43.4 Å². The van der Waals surface area contributed by atoms with Gasteiger partial charge in [-0.2, -0.15) is 0 Å². The van der Waals surface area contributed by atoms with Gasteiger partial charge < -0.3 is 20.1 Å². The van der Waals surface area contributed by atoms with Gasteiger partial charge in [-0.15, -0.1) is 0 Å². The molecule has 1 amide bonds. The lowest BCUT2D eigenvalue weighted by Crippen LogP contribution is -2.37. The van der Waals surface area contributed by atoms with Gasteiger partial charge in [0.15, 0.2) is 0 Å². The molecule has 0 bridgehead atoms. The Bertz CT molecular complexity index is 466. The summed E-state index contributed by atoms with van der Waals surface area (Å²) in [5.74, 6) is -0.298. The number of ether oxygens (including phenoxy) is 2. The second-order valence-electron chi connectivity index (χ2n) is 5.17. The van der Waals surface area contributed by atoms with Crippen molar-refractivity contribution < 1.29 is 18.7 Å². The number of amides is 1. The molecule has 0 unspecified atom stereocenters. The highest BCUT2D eigenvalue weighted by Crippen LogP contribution is 2.21. The van der Waals surface area contributed by atoms with Crippen LogP contribution < -0.4 is 5.73 Å². The van der Waals surface area contributed by atoms with Gasteiger partial charge in [0.25, 0.3) is 0 Å². The molecule has 0 aliphatic carbocycles. The molecule has 2 N–H and O–H groups in total. The SMILES string of the molecule is COC(=O)N(Cc1ccc(F)cc1)C[C@H]1CC[C@@H](CN)O1. The second kappa shape index (κ2) is 7.38. The fraction of sp³-hybridized carbons (Fsp3) is 0.533. The van der Waals surface area contributed by atoms with Crippen LogP contribution in [0.25, 0.3) is 0 Å². The third-order valence-electron chi connectivity index (χ3n) is 3.60. The molecule has 2 atom stereocenters. The van der Waals surface area contributed by atoms with E-state index in [0.717, 1.165) is 18.4 Å². The Kier molecular flexibility index (Phi) is 5.52. The van der Waals surface area contributed by atoms with E-state index in [1.54, 1.807) is 17.0 Å². The fourth-order valence-electron chi connectivity index (χ4n) is 2.48. The molecule has 116 valence electrons. The van der Waals surface area contributed by atoms with Gasteiger partial charge in [0.1, 0.15) is 5.82 Å². The molecule has 2 rings (SSSR count). The molecular formula is C15H21FN2O3. The van der Waals surface area contributed by atoms with E-state index in [-0.39, 0.29) is 18.0 Å². The molecule has 1 aliphatic rings. The van der Waals surface area contributed by atoms with E-state index >= 15 is 0 Å². The molecule has 6 heteroatoms. The number of carbonyl (C=O) groups excluding carboxylic acids is 1. The average molecular weight is 296 g/mol. The summed E-state index contributed by atoms with van der Waals surface area (Å²) in [6.45, 7) is 1.30. The smallest absolute Gasteiger partial charge is 0.409 e. The maximum Gasteiger partial charge on any atom is 0.409 e. The molecule has 1 saturated heterocycles. The Hall–Kier alpha value is -1.66. The van der Waals surface area contributed by atoms with Crippen LogP contribution in [0.3, 0.4) is 0 Å². The van der Waals surface area contributed by atoms with Crippen LogP contribution in [0, 0.1) is 5.82 Å². The second-order valence-corrected chi connectivity index (χ2v) is 5.17. The summed E-state index contributed by atoms with van der Waals surface area (Å²) in [4.78, 5) is 13.4. The Labute approximate surface area is 123 Å². The van der Waals surface area contributed by atoms with Crippen molar-refractivity contribution in [3.63, 3.8) is 0 Å². The summed E-state index contributed by atoms with van der Waals surface area (Å²) in [5, 5.41) is 0. The summed E-state index contributed by atoms with van der Waals surface area (Å²) in [7, 11) is 1.35. The maximum atomic E-state index is 12.9. The van der Waals surface area contributed by atoms with Crippen molar-refractivity contribution in [2.24, 2.45) is 5.73 Å². The standard InChI is InChI=1S/C15H21FN2O3/c1-20-15(19)18(9-11-2-4-12(16)5-3-11)10-14-7-6-13(8-17)21-14/h2-5,13-14H,6-10,17H2,1H3/t13-,14+/m0/s1. The molecule has 1 aliphatic heterocycles. The van der Waals surface area contributed by atoms with Crippen molar-refractivity contribution in [2.75, 3.05) is 20.2 Å². The molecule has 1 aromatic carbocycles. The summed E-state index contributed by atoms with van der Waals surface area (Å²) in [6, 6.07) is 6.07. The lowest BCUT2D eigenvalue weighted by Gasteiger charge is -2.24. The maximum absolute atomic E-state index is 12.9. The molecule has 0 radical (unpaired) electrons. The van der Waals surface area contributed by atoms with Crippen molar-refractivity contribution in [1.29, 1.82) is 0 Å². The van der Waals surface area contributed by atoms with E-state index in [0.29, 0.717) is 19.6 Å². The quantitative estimate of drug-likeness (QED) is 0.901. The highest BCUT2D eigenvalue weighted by Gasteiger charge is 2.28. The van der Waals surface area contributed by atoms with E-state index in [1.165, 1.54) is 19.2 Å². The van der Waals surface area contributed by atoms with E-state index in [4.69, 9.17) is 15.2 Å². The number of methoxy groups -OCH3 is 1. The molecule has 5 nitrogen and oxygen atoms in total. The minimum atomic E-state index is -0.417. The molecular weight excluding hydrogens is 275 g/mol. The van der Waals surface area contributed by atoms with Gasteiger partial charge >= 0.3 is 6.09 Å². The van der Waals surface area contributed by atoms with Crippen LogP contribution in [-0.2, 0) is 16.0 Å². The van der Waals surface area contributed by atoms with E-state index in [9.17, 15) is 9.18 Å². The molecule has 0 spiro atoms. The third kappa shape index (κ3) is 4.41. The molecule has 21 heavy (non-hydrogen) atoms. The van der Waals surface area contributed by atoms with Gasteiger partial charge in [0.05, 0.1) is 25.9 Å². The highest BCUT2D eigenvalue weighted by molar-refractivity contribution is 5.67. The number of nitrogens with two attached hydrogens (primary N) is 1. The molecule has 1 heterocycles. The Balaban J connectivity index is 1.98. The van der Waals surface area contributed by atoms with Crippen molar-refractivity contribution >= 4 is 6.09 Å². The largest absolute Gasteiger partial charge is 0.453 e. The van der Waals surface area contributed by atoms with Crippen molar-refractivity contribution in [3.05, 3.63) is 35.6 Å². The minimum Gasteiger partial charge on any atom is -0.453 e. The first-order valence-corrected chi connectivity index (χ1v) is 7.05. The Morgan fingerprint density at radius 3 is 2.62 bits per heavy atom. The zero-order chi connectivity index (χ0) is 15.2. The monoisotopic (exact) mass is 296 g/mol. The highest BCUT2D eigenvalue weighted by atomic mass is 19.1. The lowest BCUT2D eigenvalue weighted by atomic mass is 10.1. The normalized spacial score (nSPS) is 21.3. The van der Waals surface area contributed by atoms with Crippen LogP contribution >= 0.6 is 0 Å². The van der Waals surface area contributed by atoms with Gasteiger partial charge in [0.2, 0.25) is 0 Å². The van der Waals surface area contributed by atoms with E-state index in [2.05, 4.69) is 0 Å². The van der Waals surface area contributed by atoms with E-state index < -0.39 is 6.09 Å². The van der Waals surface area contributed by atoms with E-state index in [1.807, 2.05) is 0 Å². The molecule has 1 aromatic rings. The van der Waals surface area contributed by atoms with Gasteiger partial charge in [-0.05, 0) is 30.5 Å². The summed E-state index contributed by atoms with van der Waals surface area (Å²) in [6.07, 6.45) is 1.41. The number of halogens is 1. The Morgan fingerprint density at radius 2 is 2.05 bits per heavy atom. The first-order valence-electron chi connectivity index (χ1n) is 7.05. The number of nitrogens with zero attached hydrogens (tertiary/aromatic N) is 1. The number of hydrogen-bond acceptors (Lipinski definition) is 4. The molecule has 0 saturated carbocycles. The fourth-order valence-corrected chi connectivity index (χ4v) is 2.48. The van der Waals surface area contributed by atoms with Crippen LogP contribution in [0.2, 0.25) is 0 Å². The van der Waals surface area contributed by atoms with Gasteiger partial charge in [0, 0.05) is 13.1 Å². The molecule has 1 fully saturated rings. The molecule has 0 aromatic heterocycles. The van der Waals surface area contributed by atoms with Gasteiger partial charge in [-0.25, -0.2) is 9.18 Å². The summed E-state index contributed by atoms with van der Waals surface area (Å²) >= 11 is 0. The Morgan fingerprint density at radius 1 is 1.38 bits per heavy atom. The third-order valence-corrected chi connectivity index (χ3v) is 3.60. The zero-order valence-electron chi connectivity index (χ0n) is 12.1. The zero-order valence-corrected chi connectivity index (χ0v) is 12.1. The number of benzene rings is 1. The van der Waals surface area contributed by atoms with Crippen LogP contribution in [0.4, 0.5) is 9.18 Å². The topological polar surface area (TPSA) is 64.8 Å². The van der Waals surface area contributed by atoms with Crippen molar-refractivity contribution in [3.8, 4) is 0 Å². The van der Waals surface area contributed by atoms with Gasteiger partial charge in [-0.3, -0.25) is 0 Å². The predicted octanol–water partition coefficient (Wildman–Crippen LogP) is 1.90. The first kappa shape index (κ1) is 15.7. The minimum absolute atomic E-state index is 0.0295.